The lowest BCUT2D eigenvalue weighted by molar-refractivity contribution is -0.386. The van der Waals surface area contributed by atoms with Crippen molar-refractivity contribution in [3.63, 3.8) is 0 Å². The summed E-state index contributed by atoms with van der Waals surface area (Å²) < 4.78 is 33.3. The van der Waals surface area contributed by atoms with Crippen LogP contribution in [0.5, 0.6) is 5.75 Å². The molecule has 0 amide bonds. The second-order valence-corrected chi connectivity index (χ2v) is 3.89. The first-order valence-electron chi connectivity index (χ1n) is 5.26. The number of rotatable bonds is 6. The number of carbonyl (C=O) groups excluding carboxylic acids is 1. The number of hydrogen-bond acceptors (Lipinski definition) is 5. The van der Waals surface area contributed by atoms with Gasteiger partial charge in [-0.3, -0.25) is 14.9 Å². The average Bonchev–Trinajstić information content (AvgIpc) is 2.39. The van der Waals surface area contributed by atoms with Gasteiger partial charge in [0.15, 0.2) is 0 Å². The third-order valence-electron chi connectivity index (χ3n) is 2.33. The Morgan fingerprint density at radius 1 is 1.50 bits per heavy atom. The van der Waals surface area contributed by atoms with Crippen LogP contribution in [0, 0.1) is 10.1 Å². The Bertz CT molecular complexity index is 524. The van der Waals surface area contributed by atoms with E-state index in [1.807, 2.05) is 0 Å². The number of nitrogens with zero attached hydrogens (tertiary/aromatic N) is 1. The number of hydrogen-bond donors (Lipinski definition) is 0. The number of ether oxygens (including phenoxy) is 2. The van der Waals surface area contributed by atoms with Gasteiger partial charge >= 0.3 is 18.3 Å². The molecule has 0 atom stereocenters. The molecule has 110 valence electrons. The molecule has 0 aromatic heterocycles. The van der Waals surface area contributed by atoms with Crippen molar-refractivity contribution in [3.05, 3.63) is 33.4 Å². The van der Waals surface area contributed by atoms with Crippen molar-refractivity contribution in [3.8, 4) is 5.75 Å². The van der Waals surface area contributed by atoms with E-state index in [1.54, 1.807) is 0 Å². The van der Waals surface area contributed by atoms with Crippen LogP contribution in [-0.2, 0) is 21.8 Å². The van der Waals surface area contributed by atoms with Crippen LogP contribution in [0.25, 0.3) is 0 Å². The molecule has 20 heavy (non-hydrogen) atoms. The fourth-order valence-corrected chi connectivity index (χ4v) is 1.69. The lowest BCUT2D eigenvalue weighted by Gasteiger charge is -2.12. The van der Waals surface area contributed by atoms with Crippen LogP contribution in [-0.4, -0.2) is 24.6 Å². The molecule has 1 aromatic rings. The summed E-state index contributed by atoms with van der Waals surface area (Å²) in [5.41, 5.74) is -0.455. The van der Waals surface area contributed by atoms with Crippen LogP contribution in [0.15, 0.2) is 12.1 Å². The van der Waals surface area contributed by atoms with E-state index in [4.69, 9.17) is 11.6 Å². The van der Waals surface area contributed by atoms with E-state index in [9.17, 15) is 23.7 Å². The number of nitro groups is 1. The summed E-state index contributed by atoms with van der Waals surface area (Å²) >= 11 is 5.58. The fourth-order valence-electron chi connectivity index (χ4n) is 1.53. The van der Waals surface area contributed by atoms with Crippen molar-refractivity contribution in [1.82, 2.24) is 0 Å². The summed E-state index contributed by atoms with van der Waals surface area (Å²) in [6.45, 7) is -3.26. The molecule has 0 aliphatic rings. The van der Waals surface area contributed by atoms with Crippen molar-refractivity contribution in [1.29, 1.82) is 0 Å². The molecule has 1 rings (SSSR count). The molecule has 6 nitrogen and oxygen atoms in total. The SMILES string of the molecule is COC(=O)Cc1cc(CCl)cc([N+](=O)[O-])c1OC(F)F. The van der Waals surface area contributed by atoms with Crippen LogP contribution in [0.3, 0.4) is 0 Å². The molecule has 1 aromatic carbocycles. The summed E-state index contributed by atoms with van der Waals surface area (Å²) in [5, 5.41) is 10.9. The van der Waals surface area contributed by atoms with E-state index < -0.39 is 35.4 Å². The van der Waals surface area contributed by atoms with Crippen LogP contribution in [0.2, 0.25) is 0 Å². The van der Waals surface area contributed by atoms with Gasteiger partial charge in [-0.05, 0) is 11.6 Å². The quantitative estimate of drug-likeness (QED) is 0.349. The summed E-state index contributed by atoms with van der Waals surface area (Å²) in [7, 11) is 1.11. The zero-order valence-corrected chi connectivity index (χ0v) is 11.0. The number of esters is 1. The van der Waals surface area contributed by atoms with Gasteiger partial charge < -0.3 is 9.47 Å². The molecule has 0 radical (unpaired) electrons. The largest absolute Gasteiger partial charge is 0.469 e. The van der Waals surface area contributed by atoms with E-state index in [0.29, 0.717) is 5.56 Å². The third-order valence-corrected chi connectivity index (χ3v) is 2.64. The Labute approximate surface area is 117 Å². The zero-order valence-electron chi connectivity index (χ0n) is 10.3. The molecular formula is C11H10ClF2NO5. The van der Waals surface area contributed by atoms with Crippen molar-refractivity contribution < 1.29 is 28.0 Å². The van der Waals surface area contributed by atoms with E-state index in [-0.39, 0.29) is 11.4 Å². The van der Waals surface area contributed by atoms with E-state index >= 15 is 0 Å². The van der Waals surface area contributed by atoms with Gasteiger partial charge in [-0.25, -0.2) is 0 Å². The molecule has 0 unspecified atom stereocenters. The van der Waals surface area contributed by atoms with E-state index in [1.165, 1.54) is 6.07 Å². The minimum absolute atomic E-state index is 0.0794. The standard InChI is InChI=1S/C11H10ClF2NO5/c1-19-9(16)4-7-2-6(5-12)3-8(15(17)18)10(7)20-11(13)14/h2-3,11H,4-5H2,1H3. The summed E-state index contributed by atoms with van der Waals surface area (Å²) in [6, 6.07) is 2.31. The molecular weight excluding hydrogens is 300 g/mol. The van der Waals surface area contributed by atoms with Crippen LogP contribution < -0.4 is 4.74 Å². The predicted octanol–water partition coefficient (Wildman–Crippen LogP) is 2.65. The van der Waals surface area contributed by atoms with Gasteiger partial charge in [-0.2, -0.15) is 8.78 Å². The van der Waals surface area contributed by atoms with Gasteiger partial charge in [0.05, 0.1) is 18.5 Å². The number of halogens is 3. The van der Waals surface area contributed by atoms with Crippen molar-refractivity contribution in [2.24, 2.45) is 0 Å². The topological polar surface area (TPSA) is 78.7 Å². The molecule has 0 bridgehead atoms. The minimum atomic E-state index is -3.26. The Morgan fingerprint density at radius 3 is 2.60 bits per heavy atom. The average molecular weight is 310 g/mol. The molecule has 0 heterocycles. The summed E-state index contributed by atoms with van der Waals surface area (Å²) in [4.78, 5) is 21.3. The predicted molar refractivity (Wildman–Crippen MR) is 65.0 cm³/mol. The number of alkyl halides is 3. The minimum Gasteiger partial charge on any atom is -0.469 e. The van der Waals surface area contributed by atoms with Crippen molar-refractivity contribution in [2.75, 3.05) is 7.11 Å². The Hall–Kier alpha value is -1.96. The zero-order chi connectivity index (χ0) is 15.3. The van der Waals surface area contributed by atoms with Crippen LogP contribution in [0.4, 0.5) is 14.5 Å². The molecule has 0 saturated heterocycles. The highest BCUT2D eigenvalue weighted by molar-refractivity contribution is 6.17. The second-order valence-electron chi connectivity index (χ2n) is 3.63. The highest BCUT2D eigenvalue weighted by Crippen LogP contribution is 2.35. The first kappa shape index (κ1) is 16.1. The van der Waals surface area contributed by atoms with Gasteiger partial charge in [-0.1, -0.05) is 0 Å². The molecule has 0 N–H and O–H groups in total. The molecule has 0 aliphatic carbocycles. The summed E-state index contributed by atoms with van der Waals surface area (Å²) in [6.07, 6.45) is -0.440. The Morgan fingerprint density at radius 2 is 2.15 bits per heavy atom. The monoisotopic (exact) mass is 309 g/mol. The van der Waals surface area contributed by atoms with Crippen LogP contribution >= 0.6 is 11.6 Å². The van der Waals surface area contributed by atoms with Crippen molar-refractivity contribution >= 4 is 23.3 Å². The van der Waals surface area contributed by atoms with E-state index in [0.717, 1.165) is 13.2 Å². The Kier molecular flexibility index (Phi) is 5.63. The van der Waals surface area contributed by atoms with Gasteiger partial charge in [0.2, 0.25) is 5.75 Å². The lowest BCUT2D eigenvalue weighted by atomic mass is 10.1. The Balaban J connectivity index is 3.38. The number of carbonyl (C=O) groups is 1. The van der Waals surface area contributed by atoms with Crippen LogP contribution in [0.1, 0.15) is 11.1 Å². The molecule has 0 spiro atoms. The van der Waals surface area contributed by atoms with Crippen molar-refractivity contribution in [2.45, 2.75) is 18.9 Å². The maximum absolute atomic E-state index is 12.4. The maximum atomic E-state index is 12.4. The van der Waals surface area contributed by atoms with Gasteiger partial charge in [0, 0.05) is 17.5 Å². The molecule has 0 saturated carbocycles. The maximum Gasteiger partial charge on any atom is 0.387 e. The molecule has 0 fully saturated rings. The van der Waals surface area contributed by atoms with Gasteiger partial charge in [0.1, 0.15) is 0 Å². The molecule has 0 aliphatic heterocycles. The number of methoxy groups -OCH3 is 1. The first-order valence-corrected chi connectivity index (χ1v) is 5.80. The molecule has 9 heteroatoms. The third kappa shape index (κ3) is 4.02. The highest BCUT2D eigenvalue weighted by Gasteiger charge is 2.25. The normalized spacial score (nSPS) is 10.4. The number of nitro benzene ring substituents is 1. The number of benzene rings is 1. The first-order chi connectivity index (χ1) is 9.38. The lowest BCUT2D eigenvalue weighted by Crippen LogP contribution is -2.11. The van der Waals surface area contributed by atoms with E-state index in [2.05, 4.69) is 9.47 Å². The summed E-state index contributed by atoms with van der Waals surface area (Å²) in [5.74, 6) is -1.49. The van der Waals surface area contributed by atoms with Gasteiger partial charge in [0.25, 0.3) is 0 Å². The van der Waals surface area contributed by atoms with Gasteiger partial charge in [-0.15, -0.1) is 11.6 Å². The second kappa shape index (κ2) is 6.99. The smallest absolute Gasteiger partial charge is 0.387 e. The fraction of sp³-hybridized carbons (Fsp3) is 0.364. The highest BCUT2D eigenvalue weighted by atomic mass is 35.5.